The van der Waals surface area contributed by atoms with Gasteiger partial charge in [-0.3, -0.25) is 0 Å². The molecule has 0 aliphatic rings. The Balaban J connectivity index is 1.27. The molecule has 0 aliphatic heterocycles. The Morgan fingerprint density at radius 3 is 0.852 bits per heavy atom. The fourth-order valence-corrected chi connectivity index (χ4v) is 7.89. The highest BCUT2D eigenvalue weighted by atomic mass is 16.5. The molecule has 0 unspecified atom stereocenters. The molecule has 0 aliphatic carbocycles. The molecule has 0 saturated heterocycles. The quantitative estimate of drug-likeness (QED) is 0.148. The maximum absolute atomic E-state index is 5.91. The molecule has 54 heavy (non-hydrogen) atoms. The lowest BCUT2D eigenvalue weighted by Gasteiger charge is -2.21. The SMILES string of the molecule is COc1cc2c(-c3ccc(-c4ccc5ccccc5c4)cc3)c3cc(OC)c(OC)cc3c(-c3ccc(-c4ccc5ccccc5c4)cc3)c2cc1OC. The maximum Gasteiger partial charge on any atom is 0.161 e. The minimum atomic E-state index is 0.663. The van der Waals surface area contributed by atoms with Crippen molar-refractivity contribution < 1.29 is 18.9 Å². The third-order valence-electron chi connectivity index (χ3n) is 10.6. The van der Waals surface area contributed by atoms with Crippen LogP contribution in [0.2, 0.25) is 0 Å². The number of hydrogen-bond donors (Lipinski definition) is 0. The van der Waals surface area contributed by atoms with Crippen molar-refractivity contribution in [3.63, 3.8) is 0 Å². The minimum Gasteiger partial charge on any atom is -0.493 e. The van der Waals surface area contributed by atoms with Gasteiger partial charge in [0.25, 0.3) is 0 Å². The zero-order valence-corrected chi connectivity index (χ0v) is 30.6. The van der Waals surface area contributed by atoms with E-state index in [-0.39, 0.29) is 0 Å². The van der Waals surface area contributed by atoms with Gasteiger partial charge in [-0.1, -0.05) is 121 Å². The molecule has 262 valence electrons. The van der Waals surface area contributed by atoms with E-state index in [9.17, 15) is 0 Å². The number of fused-ring (bicyclic) bond motifs is 4. The fraction of sp³-hybridized carbons (Fsp3) is 0.0800. The zero-order chi connectivity index (χ0) is 36.8. The molecule has 4 nitrogen and oxygen atoms in total. The molecule has 0 saturated carbocycles. The second-order valence-corrected chi connectivity index (χ2v) is 13.5. The highest BCUT2D eigenvalue weighted by Crippen LogP contribution is 2.50. The van der Waals surface area contributed by atoms with E-state index < -0.39 is 0 Å². The first-order chi connectivity index (χ1) is 26.6. The zero-order valence-electron chi connectivity index (χ0n) is 30.6. The van der Waals surface area contributed by atoms with E-state index in [0.717, 1.165) is 54.9 Å². The van der Waals surface area contributed by atoms with Crippen molar-refractivity contribution in [1.29, 1.82) is 0 Å². The number of ether oxygens (including phenoxy) is 4. The van der Waals surface area contributed by atoms with Crippen LogP contribution in [0.15, 0.2) is 158 Å². The van der Waals surface area contributed by atoms with Crippen LogP contribution < -0.4 is 18.9 Å². The Bertz CT molecular complexity index is 2580. The number of benzene rings is 9. The summed E-state index contributed by atoms with van der Waals surface area (Å²) < 4.78 is 23.6. The van der Waals surface area contributed by atoms with E-state index in [0.29, 0.717) is 23.0 Å². The molecule has 0 radical (unpaired) electrons. The van der Waals surface area contributed by atoms with E-state index in [1.54, 1.807) is 28.4 Å². The summed E-state index contributed by atoms with van der Waals surface area (Å²) >= 11 is 0. The van der Waals surface area contributed by atoms with Crippen molar-refractivity contribution in [3.05, 3.63) is 158 Å². The molecular formula is C50H38O4. The van der Waals surface area contributed by atoms with Crippen LogP contribution in [0.3, 0.4) is 0 Å². The van der Waals surface area contributed by atoms with E-state index in [4.69, 9.17) is 18.9 Å². The topological polar surface area (TPSA) is 36.9 Å². The molecule has 0 N–H and O–H groups in total. The average molecular weight is 703 g/mol. The van der Waals surface area contributed by atoms with Crippen molar-refractivity contribution in [3.8, 4) is 67.5 Å². The van der Waals surface area contributed by atoms with Crippen molar-refractivity contribution >= 4 is 43.1 Å². The second-order valence-electron chi connectivity index (χ2n) is 13.5. The molecule has 0 amide bonds. The van der Waals surface area contributed by atoms with E-state index in [1.165, 1.54) is 32.7 Å². The van der Waals surface area contributed by atoms with Crippen LogP contribution in [0, 0.1) is 0 Å². The van der Waals surface area contributed by atoms with Crippen LogP contribution in [0.4, 0.5) is 0 Å². The van der Waals surface area contributed by atoms with E-state index >= 15 is 0 Å². The Kier molecular flexibility index (Phi) is 8.36. The summed E-state index contributed by atoms with van der Waals surface area (Å²) in [7, 11) is 6.73. The van der Waals surface area contributed by atoms with Crippen LogP contribution in [-0.2, 0) is 0 Å². The van der Waals surface area contributed by atoms with E-state index in [1.807, 2.05) is 0 Å². The molecule has 0 atom stereocenters. The molecule has 9 aromatic carbocycles. The summed E-state index contributed by atoms with van der Waals surface area (Å²) in [5.74, 6) is 2.65. The molecule has 0 bridgehead atoms. The monoisotopic (exact) mass is 702 g/mol. The Morgan fingerprint density at radius 1 is 0.259 bits per heavy atom. The molecule has 4 heteroatoms. The van der Waals surface area contributed by atoms with Gasteiger partial charge in [0.2, 0.25) is 0 Å². The summed E-state index contributed by atoms with van der Waals surface area (Å²) in [5, 5.41) is 9.07. The Labute approximate surface area is 314 Å². The normalized spacial score (nSPS) is 11.3. The third kappa shape index (κ3) is 5.64. The lowest BCUT2D eigenvalue weighted by molar-refractivity contribution is 0.355. The summed E-state index contributed by atoms with van der Waals surface area (Å²) in [4.78, 5) is 0. The van der Waals surface area contributed by atoms with Crippen LogP contribution in [0.1, 0.15) is 0 Å². The average Bonchev–Trinajstić information content (AvgIpc) is 3.24. The molecule has 9 rings (SSSR count). The second kappa shape index (κ2) is 13.6. The van der Waals surface area contributed by atoms with Crippen LogP contribution in [-0.4, -0.2) is 28.4 Å². The van der Waals surface area contributed by atoms with Crippen molar-refractivity contribution in [2.75, 3.05) is 28.4 Å². The van der Waals surface area contributed by atoms with Crippen molar-refractivity contribution in [1.82, 2.24) is 0 Å². The molecular weight excluding hydrogens is 665 g/mol. The maximum atomic E-state index is 5.91. The fourth-order valence-electron chi connectivity index (χ4n) is 7.89. The first kappa shape index (κ1) is 33.1. The van der Waals surface area contributed by atoms with Gasteiger partial charge < -0.3 is 18.9 Å². The highest BCUT2D eigenvalue weighted by molar-refractivity contribution is 6.22. The van der Waals surface area contributed by atoms with Crippen LogP contribution in [0.25, 0.3) is 87.6 Å². The molecule has 0 aromatic heterocycles. The van der Waals surface area contributed by atoms with Crippen molar-refractivity contribution in [2.24, 2.45) is 0 Å². The third-order valence-corrected chi connectivity index (χ3v) is 10.6. The van der Waals surface area contributed by atoms with Crippen LogP contribution in [0.5, 0.6) is 23.0 Å². The molecule has 0 heterocycles. The van der Waals surface area contributed by atoms with Gasteiger partial charge in [-0.2, -0.15) is 0 Å². The van der Waals surface area contributed by atoms with Gasteiger partial charge in [-0.05, 0) is 124 Å². The predicted octanol–water partition coefficient (Wildman–Crippen LogP) is 13.0. The van der Waals surface area contributed by atoms with Gasteiger partial charge >= 0.3 is 0 Å². The van der Waals surface area contributed by atoms with Gasteiger partial charge in [0.1, 0.15) is 0 Å². The van der Waals surface area contributed by atoms with Gasteiger partial charge in [-0.15, -0.1) is 0 Å². The number of hydrogen-bond acceptors (Lipinski definition) is 4. The summed E-state index contributed by atoms with van der Waals surface area (Å²) in [5.41, 5.74) is 8.95. The summed E-state index contributed by atoms with van der Waals surface area (Å²) in [6, 6.07) is 56.3. The molecule has 0 spiro atoms. The number of rotatable bonds is 8. The smallest absolute Gasteiger partial charge is 0.161 e. The minimum absolute atomic E-state index is 0.663. The first-order valence-electron chi connectivity index (χ1n) is 18.0. The van der Waals surface area contributed by atoms with E-state index in [2.05, 4.69) is 158 Å². The Hall–Kier alpha value is -6.78. The largest absolute Gasteiger partial charge is 0.493 e. The van der Waals surface area contributed by atoms with Crippen LogP contribution >= 0.6 is 0 Å². The standard InChI is InChI=1S/C50H38O4/c1-51-45-27-41-42(28-46(45)52-2)50(36-21-15-34(16-22-36)40-24-18-32-10-6-8-12-38(32)26-40)44-30-48(54-4)47(53-3)29-43(44)49(41)35-19-13-33(14-20-35)39-23-17-31-9-5-7-11-37(31)25-39/h5-30H,1-4H3. The molecule has 9 aromatic rings. The lowest BCUT2D eigenvalue weighted by Crippen LogP contribution is -1.97. The Morgan fingerprint density at radius 2 is 0.537 bits per heavy atom. The highest BCUT2D eigenvalue weighted by Gasteiger charge is 2.22. The number of methoxy groups -OCH3 is 4. The van der Waals surface area contributed by atoms with Gasteiger partial charge in [0.05, 0.1) is 28.4 Å². The lowest BCUT2D eigenvalue weighted by atomic mass is 9.84. The first-order valence-corrected chi connectivity index (χ1v) is 18.0. The summed E-state index contributed by atoms with van der Waals surface area (Å²) in [6.07, 6.45) is 0. The summed E-state index contributed by atoms with van der Waals surface area (Å²) in [6.45, 7) is 0. The van der Waals surface area contributed by atoms with Crippen molar-refractivity contribution in [2.45, 2.75) is 0 Å². The predicted molar refractivity (Wildman–Crippen MR) is 224 cm³/mol. The molecule has 0 fully saturated rings. The van der Waals surface area contributed by atoms with Gasteiger partial charge in [0, 0.05) is 0 Å². The van der Waals surface area contributed by atoms with Gasteiger partial charge in [-0.25, -0.2) is 0 Å². The van der Waals surface area contributed by atoms with Gasteiger partial charge in [0.15, 0.2) is 23.0 Å².